The number of benzene rings is 1. The fraction of sp³-hybridized carbons (Fsp3) is 0.0476. The van der Waals surface area contributed by atoms with E-state index in [1.807, 2.05) is 71.7 Å². The highest BCUT2D eigenvalue weighted by atomic mass is 32.1. The maximum atomic E-state index is 12.4. The Morgan fingerprint density at radius 2 is 1.90 bits per heavy atom. The molecule has 5 aromatic rings. The second kappa shape index (κ2) is 6.99. The van der Waals surface area contributed by atoms with Crippen LogP contribution in [0.1, 0.15) is 16.1 Å². The first-order valence-corrected chi connectivity index (χ1v) is 9.85. The molecule has 0 radical (unpaired) electrons. The Balaban J connectivity index is 1.44. The third-order valence-electron chi connectivity index (χ3n) is 4.62. The summed E-state index contributed by atoms with van der Waals surface area (Å²) in [7, 11) is 0. The van der Waals surface area contributed by atoms with E-state index in [0.717, 1.165) is 33.7 Å². The molecule has 29 heavy (non-hydrogen) atoms. The number of hydrogen-bond donors (Lipinski definition) is 2. The van der Waals surface area contributed by atoms with Crippen molar-refractivity contribution >= 4 is 28.0 Å². The lowest BCUT2D eigenvalue weighted by Gasteiger charge is -2.06. The number of aromatic nitrogens is 5. The molecule has 0 aliphatic carbocycles. The smallest absolute Gasteiger partial charge is 0.257 e. The summed E-state index contributed by atoms with van der Waals surface area (Å²) >= 11 is 1.41. The third-order valence-corrected chi connectivity index (χ3v) is 5.50. The minimum absolute atomic E-state index is 0.175. The molecule has 0 unspecified atom stereocenters. The van der Waals surface area contributed by atoms with E-state index in [4.69, 9.17) is 0 Å². The van der Waals surface area contributed by atoms with E-state index in [-0.39, 0.29) is 5.91 Å². The molecule has 4 heterocycles. The quantitative estimate of drug-likeness (QED) is 0.468. The minimum atomic E-state index is -0.175. The van der Waals surface area contributed by atoms with Crippen LogP contribution < -0.4 is 5.32 Å². The molecular weight excluding hydrogens is 384 g/mol. The van der Waals surface area contributed by atoms with Crippen molar-refractivity contribution in [1.29, 1.82) is 0 Å². The zero-order valence-corrected chi connectivity index (χ0v) is 16.3. The van der Waals surface area contributed by atoms with Crippen LogP contribution in [0.4, 0.5) is 5.13 Å². The van der Waals surface area contributed by atoms with E-state index < -0.39 is 0 Å². The van der Waals surface area contributed by atoms with Crippen molar-refractivity contribution < 1.29 is 4.79 Å². The van der Waals surface area contributed by atoms with Crippen LogP contribution in [0.3, 0.4) is 0 Å². The first kappa shape index (κ1) is 17.3. The number of imidazole rings is 1. The van der Waals surface area contributed by atoms with Crippen molar-refractivity contribution in [2.45, 2.75) is 6.92 Å². The average molecular weight is 400 g/mol. The molecule has 7 nitrogen and oxygen atoms in total. The summed E-state index contributed by atoms with van der Waals surface area (Å²) in [4.78, 5) is 21.2. The number of fused-ring (bicyclic) bond motifs is 1. The molecule has 142 valence electrons. The van der Waals surface area contributed by atoms with Gasteiger partial charge in [-0.15, -0.1) is 11.3 Å². The van der Waals surface area contributed by atoms with Gasteiger partial charge in [-0.25, -0.2) is 9.97 Å². The van der Waals surface area contributed by atoms with Crippen LogP contribution in [-0.2, 0) is 0 Å². The molecule has 4 aromatic heterocycles. The highest BCUT2D eigenvalue weighted by molar-refractivity contribution is 7.13. The second-order valence-corrected chi connectivity index (χ2v) is 7.46. The number of rotatable bonds is 4. The number of anilines is 1. The number of carbonyl (C=O) groups excluding carboxylic acids is 1. The average Bonchev–Trinajstić information content (AvgIpc) is 3.48. The standard InChI is InChI=1S/C21H16N6OS/c1-13-12-29-21(25-13)26-20(28)15-4-2-14(3-5-15)18-10-22-19-7-6-16(11-27(18)19)17-8-23-24-9-17/h2-12H,1H3,(H,23,24)(H,25,26,28). The van der Waals surface area contributed by atoms with Gasteiger partial charge in [0.2, 0.25) is 0 Å². The molecule has 0 saturated carbocycles. The highest BCUT2D eigenvalue weighted by Crippen LogP contribution is 2.25. The fourth-order valence-corrected chi connectivity index (χ4v) is 3.83. The first-order valence-electron chi connectivity index (χ1n) is 8.97. The Morgan fingerprint density at radius 3 is 2.62 bits per heavy atom. The summed E-state index contributed by atoms with van der Waals surface area (Å²) < 4.78 is 2.04. The number of hydrogen-bond acceptors (Lipinski definition) is 5. The zero-order chi connectivity index (χ0) is 19.8. The number of aromatic amines is 1. The lowest BCUT2D eigenvalue weighted by Crippen LogP contribution is -2.11. The van der Waals surface area contributed by atoms with Crippen molar-refractivity contribution in [2.24, 2.45) is 0 Å². The van der Waals surface area contributed by atoms with Crippen LogP contribution in [0, 0.1) is 6.92 Å². The van der Waals surface area contributed by atoms with Crippen LogP contribution in [0.2, 0.25) is 0 Å². The van der Waals surface area contributed by atoms with Gasteiger partial charge >= 0.3 is 0 Å². The molecule has 0 spiro atoms. The topological polar surface area (TPSA) is 88.0 Å². The summed E-state index contributed by atoms with van der Waals surface area (Å²) in [6, 6.07) is 11.5. The van der Waals surface area contributed by atoms with Crippen molar-refractivity contribution in [2.75, 3.05) is 5.32 Å². The number of H-pyrrole nitrogens is 1. The number of carbonyl (C=O) groups is 1. The molecule has 0 aliphatic rings. The Labute approximate surface area is 170 Å². The summed E-state index contributed by atoms with van der Waals surface area (Å²) in [6.07, 6.45) is 7.51. The van der Waals surface area contributed by atoms with Crippen molar-refractivity contribution in [3.8, 4) is 22.4 Å². The molecule has 0 saturated heterocycles. The van der Waals surface area contributed by atoms with Gasteiger partial charge in [0.15, 0.2) is 5.13 Å². The van der Waals surface area contributed by atoms with Crippen LogP contribution in [-0.4, -0.2) is 30.5 Å². The fourth-order valence-electron chi connectivity index (χ4n) is 3.15. The predicted octanol–water partition coefficient (Wildman–Crippen LogP) is 4.41. The zero-order valence-electron chi connectivity index (χ0n) is 15.5. The number of pyridine rings is 1. The van der Waals surface area contributed by atoms with Crippen molar-refractivity contribution in [3.63, 3.8) is 0 Å². The van der Waals surface area contributed by atoms with Crippen LogP contribution >= 0.6 is 11.3 Å². The SMILES string of the molecule is Cc1csc(NC(=O)c2ccc(-c3cnc4ccc(-c5cn[nH]c5)cn34)cc2)n1. The van der Waals surface area contributed by atoms with E-state index in [1.165, 1.54) is 11.3 Å². The molecule has 0 bridgehead atoms. The van der Waals surface area contributed by atoms with Gasteiger partial charge in [0, 0.05) is 40.0 Å². The van der Waals surface area contributed by atoms with Gasteiger partial charge in [-0.05, 0) is 31.2 Å². The largest absolute Gasteiger partial charge is 0.299 e. The summed E-state index contributed by atoms with van der Waals surface area (Å²) in [5, 5.41) is 12.2. The molecular formula is C21H16N6OS. The first-order chi connectivity index (χ1) is 14.2. The van der Waals surface area contributed by atoms with Crippen LogP contribution in [0.25, 0.3) is 28.0 Å². The number of nitrogens with zero attached hydrogens (tertiary/aromatic N) is 4. The number of nitrogens with one attached hydrogen (secondary N) is 2. The number of thiazole rings is 1. The molecule has 0 aliphatic heterocycles. The predicted molar refractivity (Wildman–Crippen MR) is 113 cm³/mol. The molecule has 2 N–H and O–H groups in total. The second-order valence-electron chi connectivity index (χ2n) is 6.60. The van der Waals surface area contributed by atoms with E-state index in [2.05, 4.69) is 25.5 Å². The van der Waals surface area contributed by atoms with Crippen LogP contribution in [0.5, 0.6) is 0 Å². The third kappa shape index (κ3) is 3.30. The van der Waals surface area contributed by atoms with Gasteiger partial charge in [0.1, 0.15) is 5.65 Å². The van der Waals surface area contributed by atoms with E-state index in [1.54, 1.807) is 6.20 Å². The molecule has 5 rings (SSSR count). The van der Waals surface area contributed by atoms with Crippen LogP contribution in [0.15, 0.2) is 66.6 Å². The molecule has 8 heteroatoms. The van der Waals surface area contributed by atoms with Crippen molar-refractivity contribution in [3.05, 3.63) is 77.8 Å². The van der Waals surface area contributed by atoms with Gasteiger partial charge in [-0.3, -0.25) is 19.6 Å². The van der Waals surface area contributed by atoms with Gasteiger partial charge in [0.25, 0.3) is 5.91 Å². The van der Waals surface area contributed by atoms with E-state index in [0.29, 0.717) is 10.7 Å². The Morgan fingerprint density at radius 1 is 1.07 bits per heavy atom. The molecule has 1 amide bonds. The monoisotopic (exact) mass is 400 g/mol. The lowest BCUT2D eigenvalue weighted by atomic mass is 10.1. The summed E-state index contributed by atoms with van der Waals surface area (Å²) in [6.45, 7) is 1.90. The maximum Gasteiger partial charge on any atom is 0.257 e. The van der Waals surface area contributed by atoms with E-state index >= 15 is 0 Å². The maximum absolute atomic E-state index is 12.4. The minimum Gasteiger partial charge on any atom is -0.299 e. The number of amides is 1. The highest BCUT2D eigenvalue weighted by Gasteiger charge is 2.11. The van der Waals surface area contributed by atoms with Gasteiger partial charge in [-0.1, -0.05) is 12.1 Å². The molecule has 0 atom stereocenters. The van der Waals surface area contributed by atoms with E-state index in [9.17, 15) is 4.79 Å². The summed E-state index contributed by atoms with van der Waals surface area (Å²) in [5.74, 6) is -0.175. The molecule has 0 fully saturated rings. The molecule has 1 aromatic carbocycles. The van der Waals surface area contributed by atoms with Crippen molar-refractivity contribution in [1.82, 2.24) is 24.6 Å². The number of aryl methyl sites for hydroxylation is 1. The Bertz CT molecular complexity index is 1300. The van der Waals surface area contributed by atoms with Gasteiger partial charge < -0.3 is 0 Å². The Hall–Kier alpha value is -3.78. The normalized spacial score (nSPS) is 11.1. The summed E-state index contributed by atoms with van der Waals surface area (Å²) in [5.41, 5.74) is 6.30. The van der Waals surface area contributed by atoms with Gasteiger partial charge in [0.05, 0.1) is 23.8 Å². The van der Waals surface area contributed by atoms with Gasteiger partial charge in [-0.2, -0.15) is 5.10 Å². The Kier molecular flexibility index (Phi) is 4.18. The lowest BCUT2D eigenvalue weighted by molar-refractivity contribution is 0.102.